The number of rotatable bonds is 4. The third kappa shape index (κ3) is 4.20. The van der Waals surface area contributed by atoms with Crippen LogP contribution in [0.5, 0.6) is 0 Å². The number of benzene rings is 2. The molecule has 184 valence electrons. The maximum atomic E-state index is 13.1. The van der Waals surface area contributed by atoms with Crippen molar-refractivity contribution in [3.05, 3.63) is 90.5 Å². The van der Waals surface area contributed by atoms with Crippen LogP contribution in [0.3, 0.4) is 0 Å². The summed E-state index contributed by atoms with van der Waals surface area (Å²) in [5.74, 6) is -0.260. The molecule has 0 atom stereocenters. The van der Waals surface area contributed by atoms with Crippen molar-refractivity contribution in [2.24, 2.45) is 7.05 Å². The summed E-state index contributed by atoms with van der Waals surface area (Å²) in [6, 6.07) is 15.7. The summed E-state index contributed by atoms with van der Waals surface area (Å²) < 4.78 is 42.8. The van der Waals surface area contributed by atoms with E-state index in [9.17, 15) is 18.0 Å². The number of fused-ring (bicyclic) bond motifs is 2. The minimum Gasteiger partial charge on any atom is -0.324 e. The van der Waals surface area contributed by atoms with E-state index < -0.39 is 17.6 Å². The Kier molecular flexibility index (Phi) is 5.07. The number of aromatic amines is 1. The van der Waals surface area contributed by atoms with Gasteiger partial charge < -0.3 is 4.98 Å². The Labute approximate surface area is 207 Å². The number of halogens is 3. The first-order valence-corrected chi connectivity index (χ1v) is 11.2. The molecule has 11 heteroatoms. The summed E-state index contributed by atoms with van der Waals surface area (Å²) >= 11 is 0. The Bertz CT molecular complexity index is 1800. The Morgan fingerprint density at radius 3 is 2.54 bits per heavy atom. The highest BCUT2D eigenvalue weighted by molar-refractivity contribution is 6.03. The molecule has 0 saturated heterocycles. The van der Waals surface area contributed by atoms with Crippen molar-refractivity contribution >= 4 is 28.5 Å². The molecule has 1 amide bonds. The van der Waals surface area contributed by atoms with E-state index >= 15 is 0 Å². The number of aromatic nitrogens is 6. The smallest absolute Gasteiger partial charge is 0.324 e. The number of carbonyl (C=O) groups is 1. The molecule has 0 aliphatic heterocycles. The maximum absolute atomic E-state index is 13.1. The van der Waals surface area contributed by atoms with E-state index in [1.54, 1.807) is 47.4 Å². The quantitative estimate of drug-likeness (QED) is 0.331. The molecule has 0 radical (unpaired) electrons. The Morgan fingerprint density at radius 2 is 1.76 bits per heavy atom. The van der Waals surface area contributed by atoms with Crippen LogP contribution < -0.4 is 5.32 Å². The Hall–Kier alpha value is -4.93. The molecule has 37 heavy (non-hydrogen) atoms. The van der Waals surface area contributed by atoms with Gasteiger partial charge in [0.2, 0.25) is 5.95 Å². The molecule has 0 spiro atoms. The molecule has 0 saturated carbocycles. The lowest BCUT2D eigenvalue weighted by Gasteiger charge is -2.08. The molecule has 0 aliphatic carbocycles. The first kappa shape index (κ1) is 22.5. The average Bonchev–Trinajstić information content (AvgIpc) is 3.60. The summed E-state index contributed by atoms with van der Waals surface area (Å²) in [7, 11) is 1.83. The fraction of sp³-hybridized carbons (Fsp3) is 0.0769. The van der Waals surface area contributed by atoms with Crippen LogP contribution in [0.4, 0.5) is 19.1 Å². The monoisotopic (exact) mass is 501 g/mol. The normalized spacial score (nSPS) is 11.9. The van der Waals surface area contributed by atoms with Crippen LogP contribution >= 0.6 is 0 Å². The number of carbonyl (C=O) groups excluding carboxylic acids is 1. The molecule has 8 nitrogen and oxygen atoms in total. The number of aryl methyl sites for hydroxylation is 1. The van der Waals surface area contributed by atoms with Crippen LogP contribution in [0.15, 0.2) is 79.3 Å². The third-order valence-electron chi connectivity index (χ3n) is 5.96. The molecule has 4 heterocycles. The van der Waals surface area contributed by atoms with Crippen LogP contribution in [0.25, 0.3) is 39.1 Å². The van der Waals surface area contributed by atoms with Crippen molar-refractivity contribution in [3.8, 4) is 22.4 Å². The summed E-state index contributed by atoms with van der Waals surface area (Å²) in [4.78, 5) is 24.8. The maximum Gasteiger partial charge on any atom is 0.416 e. The molecule has 4 aromatic heterocycles. The van der Waals surface area contributed by atoms with Crippen molar-refractivity contribution in [2.75, 3.05) is 5.32 Å². The number of amides is 1. The Morgan fingerprint density at radius 1 is 0.946 bits per heavy atom. The Balaban J connectivity index is 1.28. The van der Waals surface area contributed by atoms with E-state index in [0.29, 0.717) is 27.8 Å². The summed E-state index contributed by atoms with van der Waals surface area (Å²) in [6.45, 7) is 0. The van der Waals surface area contributed by atoms with Gasteiger partial charge in [0.05, 0.1) is 28.5 Å². The molecular formula is C26H18F3N7O. The first-order valence-electron chi connectivity index (χ1n) is 11.2. The standard InChI is InChI=1S/C26H18F3N7O/c1-35-13-17(12-30-35)22-6-3-7-23-31-21(14-36(22)23)24(37)34-25-32-19-9-8-16(11-20(19)33-25)15-4-2-5-18(10-15)26(27,28)29/h2-14H,1H3,(H2,32,33,34,37). The minimum atomic E-state index is -4.43. The van der Waals surface area contributed by atoms with Crippen molar-refractivity contribution in [3.63, 3.8) is 0 Å². The number of imidazole rings is 2. The number of pyridine rings is 1. The molecule has 0 bridgehead atoms. The summed E-state index contributed by atoms with van der Waals surface area (Å²) in [5, 5.41) is 6.91. The SMILES string of the molecule is Cn1cc(-c2cccc3nc(C(=O)Nc4nc5cc(-c6cccc(C(F)(F)F)c6)ccc5[nH]4)cn23)cn1. The molecule has 6 aromatic rings. The average molecular weight is 501 g/mol. The highest BCUT2D eigenvalue weighted by Gasteiger charge is 2.30. The highest BCUT2D eigenvalue weighted by atomic mass is 19.4. The molecule has 0 unspecified atom stereocenters. The molecule has 6 rings (SSSR count). The van der Waals surface area contributed by atoms with Gasteiger partial charge in [-0.3, -0.25) is 19.2 Å². The highest BCUT2D eigenvalue weighted by Crippen LogP contribution is 2.33. The van der Waals surface area contributed by atoms with E-state index in [0.717, 1.165) is 23.4 Å². The zero-order valence-electron chi connectivity index (χ0n) is 19.3. The second kappa shape index (κ2) is 8.33. The second-order valence-electron chi connectivity index (χ2n) is 8.52. The second-order valence-corrected chi connectivity index (χ2v) is 8.52. The van der Waals surface area contributed by atoms with Gasteiger partial charge in [-0.15, -0.1) is 0 Å². The minimum absolute atomic E-state index is 0.196. The van der Waals surface area contributed by atoms with Gasteiger partial charge in [0.15, 0.2) is 0 Å². The van der Waals surface area contributed by atoms with Crippen LogP contribution in [0, 0.1) is 0 Å². The lowest BCUT2D eigenvalue weighted by Crippen LogP contribution is -2.13. The zero-order valence-corrected chi connectivity index (χ0v) is 19.3. The molecule has 0 fully saturated rings. The predicted octanol–water partition coefficient (Wildman–Crippen LogP) is 5.55. The topological polar surface area (TPSA) is 92.9 Å². The number of alkyl halides is 3. The first-order chi connectivity index (χ1) is 17.7. The molecule has 0 aliphatic rings. The van der Waals surface area contributed by atoms with Crippen molar-refractivity contribution < 1.29 is 18.0 Å². The number of nitrogens with one attached hydrogen (secondary N) is 2. The fourth-order valence-corrected chi connectivity index (χ4v) is 4.20. The molecule has 2 aromatic carbocycles. The molecule has 2 N–H and O–H groups in total. The zero-order chi connectivity index (χ0) is 25.7. The lowest BCUT2D eigenvalue weighted by atomic mass is 10.0. The van der Waals surface area contributed by atoms with Gasteiger partial charge in [-0.05, 0) is 47.5 Å². The van der Waals surface area contributed by atoms with Crippen LogP contribution in [0.1, 0.15) is 16.1 Å². The third-order valence-corrected chi connectivity index (χ3v) is 5.96. The van der Waals surface area contributed by atoms with Gasteiger partial charge in [0.1, 0.15) is 11.3 Å². The predicted molar refractivity (Wildman–Crippen MR) is 132 cm³/mol. The molecular weight excluding hydrogens is 483 g/mol. The number of hydrogen-bond donors (Lipinski definition) is 2. The van der Waals surface area contributed by atoms with Gasteiger partial charge >= 0.3 is 6.18 Å². The fourth-order valence-electron chi connectivity index (χ4n) is 4.20. The van der Waals surface area contributed by atoms with E-state index in [1.807, 2.05) is 29.8 Å². The number of hydrogen-bond acceptors (Lipinski definition) is 4. The van der Waals surface area contributed by atoms with Crippen molar-refractivity contribution in [1.29, 1.82) is 0 Å². The van der Waals surface area contributed by atoms with Crippen LogP contribution in [-0.2, 0) is 13.2 Å². The van der Waals surface area contributed by atoms with E-state index in [4.69, 9.17) is 0 Å². The van der Waals surface area contributed by atoms with Gasteiger partial charge in [-0.25, -0.2) is 9.97 Å². The lowest BCUT2D eigenvalue weighted by molar-refractivity contribution is -0.137. The summed E-state index contributed by atoms with van der Waals surface area (Å²) in [5.41, 5.74) is 3.90. The van der Waals surface area contributed by atoms with Crippen LogP contribution in [0.2, 0.25) is 0 Å². The number of H-pyrrole nitrogens is 1. The van der Waals surface area contributed by atoms with Gasteiger partial charge in [-0.2, -0.15) is 18.3 Å². The largest absolute Gasteiger partial charge is 0.416 e. The van der Waals surface area contributed by atoms with Gasteiger partial charge in [0, 0.05) is 25.0 Å². The number of anilines is 1. The van der Waals surface area contributed by atoms with Gasteiger partial charge in [0.25, 0.3) is 5.91 Å². The van der Waals surface area contributed by atoms with E-state index in [1.165, 1.54) is 6.07 Å². The number of nitrogens with zero attached hydrogens (tertiary/aromatic N) is 5. The summed E-state index contributed by atoms with van der Waals surface area (Å²) in [6.07, 6.45) is 0.815. The van der Waals surface area contributed by atoms with Gasteiger partial charge in [-0.1, -0.05) is 24.3 Å². The van der Waals surface area contributed by atoms with Crippen molar-refractivity contribution in [1.82, 2.24) is 29.1 Å². The van der Waals surface area contributed by atoms with Crippen molar-refractivity contribution in [2.45, 2.75) is 6.18 Å². The van der Waals surface area contributed by atoms with E-state index in [-0.39, 0.29) is 11.6 Å². The van der Waals surface area contributed by atoms with Crippen LogP contribution in [-0.4, -0.2) is 35.0 Å². The van der Waals surface area contributed by atoms with E-state index in [2.05, 4.69) is 25.4 Å².